The third kappa shape index (κ3) is 3.15. The molecule has 21 heavy (non-hydrogen) atoms. The van der Waals surface area contributed by atoms with E-state index in [9.17, 15) is 8.42 Å². The molecule has 9 heteroatoms. The molecule has 1 aliphatic rings. The van der Waals surface area contributed by atoms with Crippen LogP contribution in [0, 0.1) is 5.41 Å². The van der Waals surface area contributed by atoms with Crippen molar-refractivity contribution >= 4 is 16.0 Å². The molecule has 1 saturated carbocycles. The first-order valence-electron chi connectivity index (χ1n) is 6.74. The van der Waals surface area contributed by atoms with Crippen molar-refractivity contribution in [1.29, 1.82) is 0 Å². The fourth-order valence-corrected chi connectivity index (χ4v) is 3.65. The normalized spacial score (nSPS) is 24.4. The largest absolute Gasteiger partial charge is 0.378 e. The van der Waals surface area contributed by atoms with Crippen LogP contribution in [0.4, 0.5) is 5.95 Å². The predicted octanol–water partition coefficient (Wildman–Crippen LogP) is 0.244. The Morgan fingerprint density at radius 2 is 2.05 bits per heavy atom. The Morgan fingerprint density at radius 3 is 2.52 bits per heavy atom. The second kappa shape index (κ2) is 5.84. The number of hydrogen-bond donors (Lipinski definition) is 3. The lowest BCUT2D eigenvalue weighted by Gasteiger charge is -2.51. The van der Waals surface area contributed by atoms with Crippen molar-refractivity contribution in [1.82, 2.24) is 14.7 Å². The number of hydrogen-bond acceptors (Lipinski definition) is 7. The standard InChI is InChI=1S/C12H21N5O3S/c1-4-20-10-5-9(12(10,2)3)17-21(18,19)8-6-14-11(16-13)15-7-8/h6-7,9-10,17H,4-5,13H2,1-3H3,(H,14,15,16). The number of nitrogens with two attached hydrogens (primary N) is 1. The molecule has 2 unspecified atom stereocenters. The summed E-state index contributed by atoms with van der Waals surface area (Å²) in [6, 6.07) is -0.175. The second-order valence-corrected chi connectivity index (χ2v) is 7.28. The van der Waals surface area contributed by atoms with Crippen molar-refractivity contribution in [3.8, 4) is 0 Å². The monoisotopic (exact) mass is 315 g/mol. The SMILES string of the molecule is CCOC1CC(NS(=O)(=O)c2cnc(NN)nc2)C1(C)C. The minimum Gasteiger partial charge on any atom is -0.378 e. The summed E-state index contributed by atoms with van der Waals surface area (Å²) >= 11 is 0. The number of hydrazine groups is 1. The van der Waals surface area contributed by atoms with E-state index in [1.807, 2.05) is 20.8 Å². The van der Waals surface area contributed by atoms with Gasteiger partial charge >= 0.3 is 0 Å². The number of nitrogens with zero attached hydrogens (tertiary/aromatic N) is 2. The molecular formula is C12H21N5O3S. The molecule has 1 fully saturated rings. The molecule has 118 valence electrons. The molecule has 0 spiro atoms. The lowest BCUT2D eigenvalue weighted by atomic mass is 9.65. The van der Waals surface area contributed by atoms with Gasteiger partial charge in [0.15, 0.2) is 0 Å². The van der Waals surface area contributed by atoms with Crippen LogP contribution < -0.4 is 16.0 Å². The molecule has 1 heterocycles. The summed E-state index contributed by atoms with van der Waals surface area (Å²) in [4.78, 5) is 7.62. The summed E-state index contributed by atoms with van der Waals surface area (Å²) in [5.74, 6) is 5.31. The molecule has 0 radical (unpaired) electrons. The molecule has 1 aliphatic carbocycles. The van der Waals surface area contributed by atoms with E-state index in [1.165, 1.54) is 12.4 Å². The zero-order chi connectivity index (χ0) is 15.7. The van der Waals surface area contributed by atoms with Crippen LogP contribution in [0.2, 0.25) is 0 Å². The first kappa shape index (κ1) is 16.1. The van der Waals surface area contributed by atoms with Gasteiger partial charge < -0.3 is 4.74 Å². The zero-order valence-electron chi connectivity index (χ0n) is 12.3. The Labute approximate surface area is 124 Å². The van der Waals surface area contributed by atoms with Crippen molar-refractivity contribution < 1.29 is 13.2 Å². The number of aromatic nitrogens is 2. The molecule has 0 bridgehead atoms. The van der Waals surface area contributed by atoms with Gasteiger partial charge in [0.05, 0.1) is 18.5 Å². The molecule has 2 rings (SSSR count). The summed E-state index contributed by atoms with van der Waals surface area (Å²) in [7, 11) is -3.65. The van der Waals surface area contributed by atoms with Crippen LogP contribution in [0.25, 0.3) is 0 Å². The van der Waals surface area contributed by atoms with Crippen molar-refractivity contribution in [3.63, 3.8) is 0 Å². The fraction of sp³-hybridized carbons (Fsp3) is 0.667. The molecule has 4 N–H and O–H groups in total. The Bertz CT molecular complexity index is 587. The van der Waals surface area contributed by atoms with Crippen LogP contribution >= 0.6 is 0 Å². The second-order valence-electron chi connectivity index (χ2n) is 5.56. The van der Waals surface area contributed by atoms with Crippen molar-refractivity contribution in [3.05, 3.63) is 12.4 Å². The minimum atomic E-state index is -3.65. The molecular weight excluding hydrogens is 294 g/mol. The van der Waals surface area contributed by atoms with Gasteiger partial charge in [-0.05, 0) is 13.3 Å². The molecule has 0 aliphatic heterocycles. The number of ether oxygens (including phenoxy) is 1. The number of rotatable bonds is 6. The third-order valence-corrected chi connectivity index (χ3v) is 5.34. The van der Waals surface area contributed by atoms with E-state index in [-0.39, 0.29) is 28.4 Å². The number of anilines is 1. The van der Waals surface area contributed by atoms with Crippen LogP contribution in [-0.4, -0.2) is 37.1 Å². The summed E-state index contributed by atoms with van der Waals surface area (Å²) in [6.45, 7) is 6.52. The molecule has 1 aromatic heterocycles. The van der Waals surface area contributed by atoms with E-state index < -0.39 is 10.0 Å². The van der Waals surface area contributed by atoms with E-state index in [1.54, 1.807) is 0 Å². The first-order chi connectivity index (χ1) is 9.81. The van der Waals surface area contributed by atoms with Gasteiger partial charge in [-0.25, -0.2) is 29.0 Å². The zero-order valence-corrected chi connectivity index (χ0v) is 13.1. The topological polar surface area (TPSA) is 119 Å². The first-order valence-corrected chi connectivity index (χ1v) is 8.22. The number of sulfonamides is 1. The van der Waals surface area contributed by atoms with Gasteiger partial charge in [0.25, 0.3) is 0 Å². The summed E-state index contributed by atoms with van der Waals surface area (Å²) in [5, 5.41) is 0. The molecule has 0 amide bonds. The maximum absolute atomic E-state index is 12.3. The predicted molar refractivity (Wildman–Crippen MR) is 77.8 cm³/mol. The quantitative estimate of drug-likeness (QED) is 0.508. The van der Waals surface area contributed by atoms with Gasteiger partial charge in [-0.3, -0.25) is 5.43 Å². The maximum Gasteiger partial charge on any atom is 0.243 e. The van der Waals surface area contributed by atoms with Gasteiger partial charge in [0, 0.05) is 18.1 Å². The van der Waals surface area contributed by atoms with E-state index in [2.05, 4.69) is 20.1 Å². The molecule has 2 atom stereocenters. The highest BCUT2D eigenvalue weighted by molar-refractivity contribution is 7.89. The lowest BCUT2D eigenvalue weighted by molar-refractivity contribution is -0.108. The Balaban J connectivity index is 2.08. The van der Waals surface area contributed by atoms with Crippen molar-refractivity contribution in [2.24, 2.45) is 11.3 Å². The Hall–Kier alpha value is -1.29. The van der Waals surface area contributed by atoms with Crippen LogP contribution in [0.1, 0.15) is 27.2 Å². The fourth-order valence-electron chi connectivity index (χ4n) is 2.35. The molecule has 0 saturated heterocycles. The maximum atomic E-state index is 12.3. The highest BCUT2D eigenvalue weighted by atomic mass is 32.2. The Morgan fingerprint density at radius 1 is 1.43 bits per heavy atom. The molecule has 0 aromatic carbocycles. The Kier molecular flexibility index (Phi) is 4.47. The average Bonchev–Trinajstić information content (AvgIpc) is 2.46. The van der Waals surface area contributed by atoms with E-state index >= 15 is 0 Å². The van der Waals surface area contributed by atoms with Crippen molar-refractivity contribution in [2.75, 3.05) is 12.0 Å². The number of nitrogen functional groups attached to an aromatic ring is 1. The van der Waals surface area contributed by atoms with Crippen LogP contribution in [0.15, 0.2) is 17.3 Å². The van der Waals surface area contributed by atoms with E-state index in [0.29, 0.717) is 13.0 Å². The summed E-state index contributed by atoms with van der Waals surface area (Å²) < 4.78 is 32.9. The van der Waals surface area contributed by atoms with Gasteiger partial charge in [-0.1, -0.05) is 13.8 Å². The van der Waals surface area contributed by atoms with E-state index in [0.717, 1.165) is 0 Å². The highest BCUT2D eigenvalue weighted by Gasteiger charge is 2.50. The van der Waals surface area contributed by atoms with Crippen LogP contribution in [0.3, 0.4) is 0 Å². The van der Waals surface area contributed by atoms with Gasteiger partial charge in [-0.2, -0.15) is 0 Å². The lowest BCUT2D eigenvalue weighted by Crippen LogP contribution is -2.61. The third-order valence-electron chi connectivity index (χ3n) is 3.91. The number of nitrogens with one attached hydrogen (secondary N) is 2. The smallest absolute Gasteiger partial charge is 0.243 e. The molecule has 1 aromatic rings. The summed E-state index contributed by atoms with van der Waals surface area (Å²) in [6.07, 6.45) is 3.16. The minimum absolute atomic E-state index is 0.0113. The summed E-state index contributed by atoms with van der Waals surface area (Å²) in [5.41, 5.74) is 2.00. The average molecular weight is 315 g/mol. The molecule has 8 nitrogen and oxygen atoms in total. The van der Waals surface area contributed by atoms with Gasteiger partial charge in [-0.15, -0.1) is 0 Å². The van der Waals surface area contributed by atoms with Crippen LogP contribution in [0.5, 0.6) is 0 Å². The van der Waals surface area contributed by atoms with Gasteiger partial charge in [0.2, 0.25) is 16.0 Å². The van der Waals surface area contributed by atoms with E-state index in [4.69, 9.17) is 10.6 Å². The van der Waals surface area contributed by atoms with Gasteiger partial charge in [0.1, 0.15) is 4.90 Å². The van der Waals surface area contributed by atoms with Crippen LogP contribution in [-0.2, 0) is 14.8 Å². The highest BCUT2D eigenvalue weighted by Crippen LogP contribution is 2.43. The van der Waals surface area contributed by atoms with Crippen molar-refractivity contribution in [2.45, 2.75) is 44.2 Å².